The third kappa shape index (κ3) is 5.08. The molecule has 3 N–H and O–H groups in total. The van der Waals surface area contributed by atoms with Gasteiger partial charge < -0.3 is 29.6 Å². The summed E-state index contributed by atoms with van der Waals surface area (Å²) < 4.78 is 30.0. The number of pyridine rings is 1. The van der Waals surface area contributed by atoms with Gasteiger partial charge >= 0.3 is 0 Å². The van der Waals surface area contributed by atoms with Gasteiger partial charge in [0.25, 0.3) is 5.91 Å². The average molecular weight is 530 g/mol. The number of rotatable bonds is 9. The summed E-state index contributed by atoms with van der Waals surface area (Å²) in [6.07, 6.45) is 2.12. The highest BCUT2D eigenvalue weighted by Gasteiger charge is 2.21. The maximum Gasteiger partial charge on any atom is 0.252 e. The average Bonchev–Trinajstić information content (AvgIpc) is 3.36. The fraction of sp³-hybridized carbons (Fsp3) is 0.200. The lowest BCUT2D eigenvalue weighted by Gasteiger charge is -2.18. The zero-order chi connectivity index (χ0) is 27.5. The largest absolute Gasteiger partial charge is 0.493 e. The summed E-state index contributed by atoms with van der Waals surface area (Å²) in [6.45, 7) is -0.275. The van der Waals surface area contributed by atoms with Gasteiger partial charge in [0.2, 0.25) is 5.75 Å². The van der Waals surface area contributed by atoms with E-state index in [4.69, 9.17) is 19.2 Å². The van der Waals surface area contributed by atoms with E-state index in [1.807, 2.05) is 24.3 Å². The Morgan fingerprint density at radius 3 is 2.44 bits per heavy atom. The van der Waals surface area contributed by atoms with Gasteiger partial charge in [-0.05, 0) is 54.4 Å². The predicted molar refractivity (Wildman–Crippen MR) is 147 cm³/mol. The zero-order valence-corrected chi connectivity index (χ0v) is 21.7. The molecule has 8 nitrogen and oxygen atoms in total. The maximum absolute atomic E-state index is 13.6. The summed E-state index contributed by atoms with van der Waals surface area (Å²) in [5, 5.41) is 14.6. The summed E-state index contributed by atoms with van der Waals surface area (Å²) in [4.78, 5) is 21.4. The second-order valence-electron chi connectivity index (χ2n) is 9.05. The molecule has 5 rings (SSSR count). The number of nitrogens with one attached hydrogen (secondary N) is 2. The van der Waals surface area contributed by atoms with Crippen LogP contribution < -0.4 is 19.5 Å². The Balaban J connectivity index is 1.51. The van der Waals surface area contributed by atoms with Gasteiger partial charge in [-0.1, -0.05) is 18.2 Å². The first-order valence-corrected chi connectivity index (χ1v) is 12.3. The van der Waals surface area contributed by atoms with E-state index in [0.29, 0.717) is 56.9 Å². The topological polar surface area (TPSA) is 106 Å². The van der Waals surface area contributed by atoms with Crippen LogP contribution in [0.1, 0.15) is 15.9 Å². The summed E-state index contributed by atoms with van der Waals surface area (Å²) in [7, 11) is 4.60. The molecular formula is C30H28FN3O5. The molecule has 0 aliphatic rings. The van der Waals surface area contributed by atoms with Gasteiger partial charge in [-0.15, -0.1) is 0 Å². The minimum absolute atomic E-state index is 0.275. The SMILES string of the molecule is COc1cc(-c2cc(C(=O)N[C@H](CO)Cc3c[nH]c4cc(F)ccc34)c3ccccc3n2)cc(OC)c1OC. The number of nitrogens with zero attached hydrogens (tertiary/aromatic N) is 1. The Morgan fingerprint density at radius 1 is 1.00 bits per heavy atom. The molecule has 200 valence electrons. The molecule has 0 unspecified atom stereocenters. The number of aliphatic hydroxyl groups excluding tert-OH is 1. The van der Waals surface area contributed by atoms with Crippen LogP contribution in [0.15, 0.2) is 66.9 Å². The minimum atomic E-state index is -0.571. The highest BCUT2D eigenvalue weighted by Crippen LogP contribution is 2.41. The van der Waals surface area contributed by atoms with Crippen molar-refractivity contribution in [2.24, 2.45) is 0 Å². The van der Waals surface area contributed by atoms with Crippen molar-refractivity contribution in [2.75, 3.05) is 27.9 Å². The summed E-state index contributed by atoms with van der Waals surface area (Å²) in [5.41, 5.74) is 3.77. The molecule has 5 aromatic rings. The first kappa shape index (κ1) is 26.0. The number of para-hydroxylation sites is 1. The molecule has 1 amide bonds. The number of benzene rings is 3. The lowest BCUT2D eigenvalue weighted by molar-refractivity contribution is 0.0918. The summed E-state index contributed by atoms with van der Waals surface area (Å²) >= 11 is 0. The van der Waals surface area contributed by atoms with E-state index in [0.717, 1.165) is 10.9 Å². The molecule has 0 spiro atoms. The van der Waals surface area contributed by atoms with Crippen molar-refractivity contribution < 1.29 is 28.5 Å². The number of amides is 1. The molecule has 0 saturated heterocycles. The van der Waals surface area contributed by atoms with Crippen LogP contribution in [-0.2, 0) is 6.42 Å². The van der Waals surface area contributed by atoms with E-state index < -0.39 is 6.04 Å². The first-order valence-electron chi connectivity index (χ1n) is 12.3. The van der Waals surface area contributed by atoms with Crippen molar-refractivity contribution in [3.63, 3.8) is 0 Å². The minimum Gasteiger partial charge on any atom is -0.493 e. The molecule has 39 heavy (non-hydrogen) atoms. The van der Waals surface area contributed by atoms with E-state index in [2.05, 4.69) is 10.3 Å². The molecule has 9 heteroatoms. The van der Waals surface area contributed by atoms with Crippen molar-refractivity contribution in [3.05, 3.63) is 83.8 Å². The van der Waals surface area contributed by atoms with Gasteiger partial charge in [0.1, 0.15) is 5.82 Å². The number of carbonyl (C=O) groups excluding carboxylic acids is 1. The lowest BCUT2D eigenvalue weighted by atomic mass is 10.0. The summed E-state index contributed by atoms with van der Waals surface area (Å²) in [6, 6.07) is 16.5. The van der Waals surface area contributed by atoms with Gasteiger partial charge in [-0.2, -0.15) is 0 Å². The maximum atomic E-state index is 13.6. The zero-order valence-electron chi connectivity index (χ0n) is 21.7. The monoisotopic (exact) mass is 529 g/mol. The molecule has 0 bridgehead atoms. The third-order valence-corrected chi connectivity index (χ3v) is 6.67. The van der Waals surface area contributed by atoms with Crippen molar-refractivity contribution in [1.82, 2.24) is 15.3 Å². The smallest absolute Gasteiger partial charge is 0.252 e. The van der Waals surface area contributed by atoms with Crippen molar-refractivity contribution in [3.8, 4) is 28.5 Å². The van der Waals surface area contributed by atoms with Crippen LogP contribution in [0.2, 0.25) is 0 Å². The fourth-order valence-electron chi connectivity index (χ4n) is 4.76. The van der Waals surface area contributed by atoms with Gasteiger partial charge in [0, 0.05) is 28.0 Å². The Labute approximate surface area is 224 Å². The second-order valence-corrected chi connectivity index (χ2v) is 9.05. The van der Waals surface area contributed by atoms with Crippen LogP contribution in [0.5, 0.6) is 17.2 Å². The van der Waals surface area contributed by atoms with Gasteiger partial charge in [-0.25, -0.2) is 9.37 Å². The highest BCUT2D eigenvalue weighted by atomic mass is 19.1. The van der Waals surface area contributed by atoms with Gasteiger partial charge in [0.05, 0.1) is 50.8 Å². The standard InChI is InChI=1S/C30H28FN3O5/c1-37-27-11-17(12-28(38-2)29(27)39-3)25-14-23(22-6-4-5-7-24(22)34-25)30(36)33-20(16-35)10-18-15-32-26-13-19(31)8-9-21(18)26/h4-9,11-15,20,32,35H,10,16H2,1-3H3,(H,33,36)/t20-/m0/s1. The third-order valence-electron chi connectivity index (χ3n) is 6.67. The molecule has 2 aromatic heterocycles. The number of halogens is 1. The molecule has 1 atom stereocenters. The number of ether oxygens (including phenoxy) is 3. The molecule has 0 radical (unpaired) electrons. The van der Waals surface area contributed by atoms with Crippen LogP contribution in [0.4, 0.5) is 4.39 Å². The van der Waals surface area contributed by atoms with Crippen LogP contribution >= 0.6 is 0 Å². The Kier molecular flexibility index (Phi) is 7.33. The second kappa shape index (κ2) is 11.0. The van der Waals surface area contributed by atoms with Crippen molar-refractivity contribution >= 4 is 27.7 Å². The number of H-pyrrole nitrogens is 1. The number of methoxy groups -OCH3 is 3. The van der Waals surface area contributed by atoms with Crippen molar-refractivity contribution in [2.45, 2.75) is 12.5 Å². The number of hydrogen-bond acceptors (Lipinski definition) is 6. The first-order chi connectivity index (χ1) is 18.9. The molecule has 0 aliphatic carbocycles. The molecule has 3 aromatic carbocycles. The number of aliphatic hydroxyl groups is 1. The van der Waals surface area contributed by atoms with Crippen LogP contribution in [0.25, 0.3) is 33.1 Å². The number of aromatic amines is 1. The summed E-state index contributed by atoms with van der Waals surface area (Å²) in [5.74, 6) is 0.689. The molecular weight excluding hydrogens is 501 g/mol. The molecule has 2 heterocycles. The van der Waals surface area contributed by atoms with Crippen molar-refractivity contribution in [1.29, 1.82) is 0 Å². The lowest BCUT2D eigenvalue weighted by Crippen LogP contribution is -2.39. The van der Waals surface area contributed by atoms with E-state index in [1.54, 1.807) is 30.5 Å². The van der Waals surface area contributed by atoms with Gasteiger partial charge in [0.15, 0.2) is 11.5 Å². The molecule has 0 aliphatic heterocycles. The Bertz CT molecular complexity index is 1640. The molecule has 0 fully saturated rings. The Hall–Kier alpha value is -4.63. The fourth-order valence-corrected chi connectivity index (χ4v) is 4.76. The van der Waals surface area contributed by atoms with E-state index in [9.17, 15) is 14.3 Å². The van der Waals surface area contributed by atoms with Crippen LogP contribution in [0.3, 0.4) is 0 Å². The quantitative estimate of drug-likeness (QED) is 0.251. The normalized spacial score (nSPS) is 11.9. The molecule has 0 saturated carbocycles. The number of carbonyl (C=O) groups is 1. The van der Waals surface area contributed by atoms with E-state index in [-0.39, 0.29) is 18.3 Å². The van der Waals surface area contributed by atoms with E-state index >= 15 is 0 Å². The van der Waals surface area contributed by atoms with Crippen LogP contribution in [-0.4, -0.2) is 55.0 Å². The Morgan fingerprint density at radius 2 is 1.74 bits per heavy atom. The number of fused-ring (bicyclic) bond motifs is 2. The number of aromatic nitrogens is 2. The van der Waals surface area contributed by atoms with Gasteiger partial charge in [-0.3, -0.25) is 4.79 Å². The number of hydrogen-bond donors (Lipinski definition) is 3. The van der Waals surface area contributed by atoms with Crippen LogP contribution in [0, 0.1) is 5.82 Å². The predicted octanol–water partition coefficient (Wildman–Crippen LogP) is 4.88. The van der Waals surface area contributed by atoms with E-state index in [1.165, 1.54) is 33.5 Å². The highest BCUT2D eigenvalue weighted by molar-refractivity contribution is 6.07.